The highest BCUT2D eigenvalue weighted by atomic mass is 19.4. The minimum Gasteiger partial charge on any atom is -0.359 e. The molecule has 3 rings (SSSR count). The molecule has 0 amide bonds. The smallest absolute Gasteiger partial charge is 0.359 e. The predicted octanol–water partition coefficient (Wildman–Crippen LogP) is 3.66. The number of aryl methyl sites for hydroxylation is 1. The molecule has 0 saturated heterocycles. The molecule has 0 radical (unpaired) electrons. The van der Waals surface area contributed by atoms with Crippen LogP contribution in [0.5, 0.6) is 0 Å². The molecule has 0 spiro atoms. The third-order valence-corrected chi connectivity index (χ3v) is 3.63. The first-order chi connectivity index (χ1) is 12.4. The van der Waals surface area contributed by atoms with Crippen molar-refractivity contribution in [3.05, 3.63) is 54.3 Å². The van der Waals surface area contributed by atoms with Crippen molar-refractivity contribution in [2.75, 3.05) is 11.9 Å². The van der Waals surface area contributed by atoms with E-state index in [2.05, 4.69) is 20.1 Å². The molecular weight excluding hydrogens is 347 g/mol. The van der Waals surface area contributed by atoms with Crippen LogP contribution in [0.25, 0.3) is 11.3 Å². The molecule has 0 aromatic carbocycles. The summed E-state index contributed by atoms with van der Waals surface area (Å²) < 4.78 is 42.4. The largest absolute Gasteiger partial charge is 0.389 e. The van der Waals surface area contributed by atoms with Crippen LogP contribution < -0.4 is 4.90 Å². The summed E-state index contributed by atoms with van der Waals surface area (Å²) >= 11 is 0. The summed E-state index contributed by atoms with van der Waals surface area (Å²) in [5, 5.41) is 4.01. The molecule has 0 N–H and O–H groups in total. The van der Waals surface area contributed by atoms with Crippen molar-refractivity contribution in [3.8, 4) is 11.3 Å². The molecule has 0 aliphatic rings. The number of aromatic nitrogens is 4. The summed E-state index contributed by atoms with van der Waals surface area (Å²) in [5.74, 6) is 0.912. The molecule has 6 nitrogen and oxygen atoms in total. The molecule has 9 heteroatoms. The van der Waals surface area contributed by atoms with Crippen molar-refractivity contribution in [1.29, 1.82) is 0 Å². The van der Waals surface area contributed by atoms with Crippen LogP contribution in [0, 0.1) is 0 Å². The zero-order valence-corrected chi connectivity index (χ0v) is 13.9. The molecule has 26 heavy (non-hydrogen) atoms. The Morgan fingerprint density at radius 2 is 1.88 bits per heavy atom. The van der Waals surface area contributed by atoms with Gasteiger partial charge in [0.05, 0.1) is 6.54 Å². The van der Waals surface area contributed by atoms with Crippen molar-refractivity contribution in [1.82, 2.24) is 20.1 Å². The van der Waals surface area contributed by atoms with Gasteiger partial charge in [0, 0.05) is 49.4 Å². The summed E-state index contributed by atoms with van der Waals surface area (Å²) in [6, 6.07) is 6.91. The number of hydrogen-bond donors (Lipinski definition) is 0. The molecule has 0 saturated carbocycles. The Morgan fingerprint density at radius 1 is 1.12 bits per heavy atom. The van der Waals surface area contributed by atoms with Gasteiger partial charge in [-0.05, 0) is 24.6 Å². The highest BCUT2D eigenvalue weighted by Crippen LogP contribution is 2.22. The van der Waals surface area contributed by atoms with Gasteiger partial charge in [-0.2, -0.15) is 13.2 Å². The highest BCUT2D eigenvalue weighted by Gasteiger charge is 2.26. The van der Waals surface area contributed by atoms with Gasteiger partial charge in [-0.3, -0.25) is 4.98 Å². The molecule has 0 aliphatic heterocycles. The quantitative estimate of drug-likeness (QED) is 0.666. The highest BCUT2D eigenvalue weighted by molar-refractivity contribution is 5.57. The van der Waals surface area contributed by atoms with Crippen molar-refractivity contribution >= 4 is 5.95 Å². The van der Waals surface area contributed by atoms with E-state index in [9.17, 15) is 13.2 Å². The monoisotopic (exact) mass is 363 g/mol. The molecule has 3 aromatic heterocycles. The maximum Gasteiger partial charge on any atom is 0.389 e. The van der Waals surface area contributed by atoms with Gasteiger partial charge < -0.3 is 9.42 Å². The van der Waals surface area contributed by atoms with Crippen LogP contribution in [-0.4, -0.2) is 33.3 Å². The minimum atomic E-state index is -4.21. The first-order valence-electron chi connectivity index (χ1n) is 7.86. The lowest BCUT2D eigenvalue weighted by molar-refractivity contribution is -0.134. The molecule has 0 fully saturated rings. The molecule has 3 heterocycles. The van der Waals surface area contributed by atoms with E-state index in [-0.39, 0.29) is 6.42 Å². The SMILES string of the molecule is CN(Cc1cc(-c2ccncc2)no1)c1nccc(CCC(F)(F)F)n1. The van der Waals surface area contributed by atoms with Crippen LogP contribution in [0.4, 0.5) is 19.1 Å². The molecule has 136 valence electrons. The summed E-state index contributed by atoms with van der Waals surface area (Å²) in [4.78, 5) is 13.9. The fraction of sp³-hybridized carbons (Fsp3) is 0.294. The average molecular weight is 363 g/mol. The number of halogens is 3. The van der Waals surface area contributed by atoms with E-state index in [0.717, 1.165) is 5.56 Å². The molecule has 0 bridgehead atoms. The zero-order chi connectivity index (χ0) is 18.6. The number of nitrogens with zero attached hydrogens (tertiary/aromatic N) is 5. The second-order valence-corrected chi connectivity index (χ2v) is 5.73. The fourth-order valence-corrected chi connectivity index (χ4v) is 2.33. The first-order valence-corrected chi connectivity index (χ1v) is 7.86. The van der Waals surface area contributed by atoms with Gasteiger partial charge in [-0.15, -0.1) is 0 Å². The van der Waals surface area contributed by atoms with Gasteiger partial charge in [0.1, 0.15) is 5.69 Å². The van der Waals surface area contributed by atoms with Gasteiger partial charge in [0.15, 0.2) is 5.76 Å². The van der Waals surface area contributed by atoms with Crippen molar-refractivity contribution in [3.63, 3.8) is 0 Å². The van der Waals surface area contributed by atoms with E-state index in [0.29, 0.717) is 29.6 Å². The lowest BCUT2D eigenvalue weighted by Crippen LogP contribution is -2.19. The lowest BCUT2D eigenvalue weighted by atomic mass is 10.2. The second kappa shape index (κ2) is 7.51. The summed E-state index contributed by atoms with van der Waals surface area (Å²) in [6.45, 7) is 0.334. The predicted molar refractivity (Wildman–Crippen MR) is 88.2 cm³/mol. The topological polar surface area (TPSA) is 67.9 Å². The Bertz CT molecular complexity index is 851. The van der Waals surface area contributed by atoms with Gasteiger partial charge in [-0.25, -0.2) is 9.97 Å². The van der Waals surface area contributed by atoms with E-state index in [4.69, 9.17) is 4.52 Å². The van der Waals surface area contributed by atoms with Gasteiger partial charge in [0.25, 0.3) is 0 Å². The van der Waals surface area contributed by atoms with Crippen LogP contribution in [0.2, 0.25) is 0 Å². The average Bonchev–Trinajstić information content (AvgIpc) is 3.09. The molecule has 0 atom stereocenters. The Hall–Kier alpha value is -2.97. The van der Waals surface area contributed by atoms with Gasteiger partial charge >= 0.3 is 6.18 Å². The normalized spacial score (nSPS) is 11.5. The van der Waals surface area contributed by atoms with Gasteiger partial charge in [0.2, 0.25) is 5.95 Å². The van der Waals surface area contributed by atoms with E-state index < -0.39 is 12.6 Å². The minimum absolute atomic E-state index is 0.179. The van der Waals surface area contributed by atoms with Crippen LogP contribution in [0.15, 0.2) is 47.4 Å². The maximum absolute atomic E-state index is 12.4. The van der Waals surface area contributed by atoms with E-state index >= 15 is 0 Å². The number of hydrogen-bond acceptors (Lipinski definition) is 6. The van der Waals surface area contributed by atoms with Crippen LogP contribution in [-0.2, 0) is 13.0 Å². The van der Waals surface area contributed by atoms with E-state index in [1.54, 1.807) is 30.4 Å². The number of pyridine rings is 1. The maximum atomic E-state index is 12.4. The summed E-state index contributed by atoms with van der Waals surface area (Å²) in [5.41, 5.74) is 1.90. The molecular formula is C17H16F3N5O. The third-order valence-electron chi connectivity index (χ3n) is 3.63. The van der Waals surface area contributed by atoms with Crippen molar-refractivity contribution < 1.29 is 17.7 Å². The Balaban J connectivity index is 1.67. The lowest BCUT2D eigenvalue weighted by Gasteiger charge is -2.15. The first kappa shape index (κ1) is 17.8. The van der Waals surface area contributed by atoms with Crippen LogP contribution in [0.3, 0.4) is 0 Å². The van der Waals surface area contributed by atoms with Crippen LogP contribution in [0.1, 0.15) is 17.9 Å². The van der Waals surface area contributed by atoms with E-state index in [1.807, 2.05) is 12.1 Å². The molecule has 0 aliphatic carbocycles. The Kier molecular flexibility index (Phi) is 5.15. The fourth-order valence-electron chi connectivity index (χ4n) is 2.33. The van der Waals surface area contributed by atoms with Crippen molar-refractivity contribution in [2.24, 2.45) is 0 Å². The molecule has 3 aromatic rings. The Morgan fingerprint density at radius 3 is 2.62 bits per heavy atom. The third kappa shape index (κ3) is 4.78. The van der Waals surface area contributed by atoms with Gasteiger partial charge in [-0.1, -0.05) is 5.16 Å². The van der Waals surface area contributed by atoms with E-state index in [1.165, 1.54) is 12.3 Å². The number of rotatable bonds is 6. The Labute approximate surface area is 147 Å². The van der Waals surface area contributed by atoms with Crippen LogP contribution >= 0.6 is 0 Å². The molecule has 0 unspecified atom stereocenters. The summed E-state index contributed by atoms with van der Waals surface area (Å²) in [6.07, 6.45) is -0.522. The zero-order valence-electron chi connectivity index (χ0n) is 13.9. The van der Waals surface area contributed by atoms with Crippen molar-refractivity contribution in [2.45, 2.75) is 25.6 Å². The summed E-state index contributed by atoms with van der Waals surface area (Å²) in [7, 11) is 1.73. The number of alkyl halides is 3. The standard InChI is InChI=1S/C17H16F3N5O/c1-25(16-22-9-5-13(23-16)2-6-17(18,19)20)11-14-10-15(24-26-14)12-3-7-21-8-4-12/h3-5,7-10H,2,6,11H2,1H3. The second-order valence-electron chi connectivity index (χ2n) is 5.73. The number of anilines is 1.